The second kappa shape index (κ2) is 7.09. The minimum absolute atomic E-state index is 0.232. The van der Waals surface area contributed by atoms with Crippen molar-refractivity contribution in [1.29, 1.82) is 0 Å². The van der Waals surface area contributed by atoms with Gasteiger partial charge in [0.15, 0.2) is 9.84 Å². The van der Waals surface area contributed by atoms with Gasteiger partial charge in [0.25, 0.3) is 5.91 Å². The molecule has 0 unspecified atom stereocenters. The normalized spacial score (nSPS) is 21.3. The molecule has 0 saturated carbocycles. The summed E-state index contributed by atoms with van der Waals surface area (Å²) < 4.78 is 23.2. The highest BCUT2D eigenvalue weighted by atomic mass is 32.2. The summed E-state index contributed by atoms with van der Waals surface area (Å²) in [5.41, 5.74) is 3.35. The zero-order valence-electron chi connectivity index (χ0n) is 14.7. The molecule has 138 valence electrons. The molecule has 1 aliphatic rings. The zero-order valence-corrected chi connectivity index (χ0v) is 15.5. The van der Waals surface area contributed by atoms with Crippen LogP contribution < -0.4 is 10.2 Å². The maximum atomic E-state index is 12.5. The average Bonchev–Trinajstić information content (AvgIpc) is 2.86. The van der Waals surface area contributed by atoms with Crippen molar-refractivity contribution in [1.82, 2.24) is 5.32 Å². The number of nitrogens with zero attached hydrogens (tertiary/aromatic N) is 1. The summed E-state index contributed by atoms with van der Waals surface area (Å²) in [6.45, 7) is 0. The molecule has 0 aromatic heterocycles. The summed E-state index contributed by atoms with van der Waals surface area (Å²) in [6.07, 6.45) is -1.07. The van der Waals surface area contributed by atoms with Gasteiger partial charge in [-0.3, -0.25) is 4.79 Å². The van der Waals surface area contributed by atoms with Gasteiger partial charge >= 0.3 is 0 Å². The lowest BCUT2D eigenvalue weighted by Gasteiger charge is -2.16. The Hall–Kier alpha value is -2.38. The zero-order chi connectivity index (χ0) is 18.9. The smallest absolute Gasteiger partial charge is 0.251 e. The number of amides is 1. The maximum absolute atomic E-state index is 12.5. The number of carbonyl (C=O) groups is 1. The number of hydrogen-bond donors (Lipinski definition) is 2. The first-order valence-corrected chi connectivity index (χ1v) is 10.1. The molecule has 1 fully saturated rings. The molecule has 26 heavy (non-hydrogen) atoms. The van der Waals surface area contributed by atoms with E-state index in [0.29, 0.717) is 5.56 Å². The van der Waals surface area contributed by atoms with Crippen LogP contribution in [0.2, 0.25) is 0 Å². The van der Waals surface area contributed by atoms with E-state index >= 15 is 0 Å². The van der Waals surface area contributed by atoms with Gasteiger partial charge in [0.2, 0.25) is 0 Å². The van der Waals surface area contributed by atoms with Crippen molar-refractivity contribution in [2.45, 2.75) is 12.1 Å². The van der Waals surface area contributed by atoms with E-state index in [-0.39, 0.29) is 11.5 Å². The molecule has 6 nitrogen and oxygen atoms in total. The molecule has 7 heteroatoms. The summed E-state index contributed by atoms with van der Waals surface area (Å²) >= 11 is 0. The number of anilines is 1. The van der Waals surface area contributed by atoms with E-state index in [4.69, 9.17) is 0 Å². The molecule has 1 heterocycles. The predicted octanol–water partition coefficient (Wildman–Crippen LogP) is 1.31. The van der Waals surface area contributed by atoms with Crippen molar-refractivity contribution in [3.05, 3.63) is 54.1 Å². The van der Waals surface area contributed by atoms with Crippen molar-refractivity contribution in [3.8, 4) is 11.1 Å². The first kappa shape index (κ1) is 18.4. The number of aliphatic hydroxyl groups is 1. The van der Waals surface area contributed by atoms with Crippen molar-refractivity contribution < 1.29 is 18.3 Å². The predicted molar refractivity (Wildman–Crippen MR) is 102 cm³/mol. The van der Waals surface area contributed by atoms with Crippen LogP contribution in [0.15, 0.2) is 48.5 Å². The quantitative estimate of drug-likeness (QED) is 0.843. The Labute approximate surface area is 153 Å². The number of sulfone groups is 1. The number of hydrogen-bond acceptors (Lipinski definition) is 5. The Morgan fingerprint density at radius 2 is 1.73 bits per heavy atom. The van der Waals surface area contributed by atoms with E-state index in [2.05, 4.69) is 5.32 Å². The molecule has 3 rings (SSSR count). The van der Waals surface area contributed by atoms with Gasteiger partial charge in [0, 0.05) is 25.3 Å². The topological polar surface area (TPSA) is 86.7 Å². The fourth-order valence-electron chi connectivity index (χ4n) is 3.02. The van der Waals surface area contributed by atoms with Gasteiger partial charge in [-0.1, -0.05) is 24.3 Å². The molecule has 1 saturated heterocycles. The molecular weight excluding hydrogens is 352 g/mol. The van der Waals surface area contributed by atoms with Crippen LogP contribution in [0.25, 0.3) is 11.1 Å². The van der Waals surface area contributed by atoms with Gasteiger partial charge in [0.05, 0.1) is 23.7 Å². The first-order chi connectivity index (χ1) is 12.2. The van der Waals surface area contributed by atoms with Crippen LogP contribution in [0.3, 0.4) is 0 Å². The summed E-state index contributed by atoms with van der Waals surface area (Å²) in [4.78, 5) is 14.5. The monoisotopic (exact) mass is 374 g/mol. The van der Waals surface area contributed by atoms with Crippen LogP contribution in [0, 0.1) is 0 Å². The Bertz CT molecular complexity index is 925. The van der Waals surface area contributed by atoms with Gasteiger partial charge in [-0.05, 0) is 35.4 Å². The fraction of sp³-hybridized carbons (Fsp3) is 0.316. The number of benzene rings is 2. The molecular formula is C19H22N2O4S. The Morgan fingerprint density at radius 3 is 2.35 bits per heavy atom. The van der Waals surface area contributed by atoms with E-state index in [1.807, 2.05) is 49.3 Å². The van der Waals surface area contributed by atoms with Gasteiger partial charge in [-0.25, -0.2) is 8.42 Å². The third kappa shape index (κ3) is 4.05. The van der Waals surface area contributed by atoms with E-state index in [0.717, 1.165) is 16.8 Å². The molecule has 0 radical (unpaired) electrons. The third-order valence-corrected chi connectivity index (χ3v) is 6.18. The van der Waals surface area contributed by atoms with Crippen molar-refractivity contribution in [2.24, 2.45) is 0 Å². The maximum Gasteiger partial charge on any atom is 0.251 e. The highest BCUT2D eigenvalue weighted by molar-refractivity contribution is 7.91. The van der Waals surface area contributed by atoms with Crippen molar-refractivity contribution in [3.63, 3.8) is 0 Å². The molecule has 2 atom stereocenters. The van der Waals surface area contributed by atoms with E-state index < -0.39 is 27.9 Å². The molecule has 1 amide bonds. The molecule has 0 spiro atoms. The second-order valence-electron chi connectivity index (χ2n) is 6.75. The van der Waals surface area contributed by atoms with Gasteiger partial charge in [0.1, 0.15) is 0 Å². The Balaban J connectivity index is 1.81. The molecule has 2 aromatic rings. The van der Waals surface area contributed by atoms with E-state index in [1.165, 1.54) is 0 Å². The van der Waals surface area contributed by atoms with Gasteiger partial charge in [-0.2, -0.15) is 0 Å². The third-order valence-electron chi connectivity index (χ3n) is 4.46. The first-order valence-electron chi connectivity index (χ1n) is 8.32. The van der Waals surface area contributed by atoms with Gasteiger partial charge < -0.3 is 15.3 Å². The second-order valence-corrected chi connectivity index (χ2v) is 8.90. The fourth-order valence-corrected chi connectivity index (χ4v) is 4.76. The summed E-state index contributed by atoms with van der Waals surface area (Å²) in [6, 6.07) is 14.3. The van der Waals surface area contributed by atoms with Crippen LogP contribution in [0.1, 0.15) is 10.4 Å². The van der Waals surface area contributed by atoms with Gasteiger partial charge in [-0.15, -0.1) is 0 Å². The lowest BCUT2D eigenvalue weighted by Crippen LogP contribution is -2.42. The minimum atomic E-state index is -3.31. The molecule has 2 N–H and O–H groups in total. The molecule has 1 aliphatic heterocycles. The van der Waals surface area contributed by atoms with Crippen LogP contribution >= 0.6 is 0 Å². The standard InChI is InChI=1S/C19H22N2O4S/c1-21(2)16-8-4-6-14(10-16)13-5-3-7-15(9-13)19(23)20-17-11-26(24,25)12-18(17)22/h3-10,17-18,22H,11-12H2,1-2H3,(H,20,23)/t17-,18-/m1/s1. The van der Waals surface area contributed by atoms with Crippen LogP contribution in [-0.4, -0.2) is 57.2 Å². The highest BCUT2D eigenvalue weighted by Crippen LogP contribution is 2.25. The van der Waals surface area contributed by atoms with Crippen LogP contribution in [-0.2, 0) is 9.84 Å². The Kier molecular flexibility index (Phi) is 5.02. The molecule has 2 aromatic carbocycles. The number of aliphatic hydroxyl groups excluding tert-OH is 1. The summed E-state index contributed by atoms with van der Waals surface area (Å²) in [7, 11) is 0.619. The number of nitrogens with one attached hydrogen (secondary N) is 1. The van der Waals surface area contributed by atoms with Crippen LogP contribution in [0.5, 0.6) is 0 Å². The lowest BCUT2D eigenvalue weighted by atomic mass is 10.0. The molecule has 0 bridgehead atoms. The van der Waals surface area contributed by atoms with Crippen molar-refractivity contribution in [2.75, 3.05) is 30.5 Å². The lowest BCUT2D eigenvalue weighted by molar-refractivity contribution is 0.0889. The highest BCUT2D eigenvalue weighted by Gasteiger charge is 2.37. The minimum Gasteiger partial charge on any atom is -0.390 e. The summed E-state index contributed by atoms with van der Waals surface area (Å²) in [5, 5.41) is 12.5. The number of rotatable bonds is 4. The summed E-state index contributed by atoms with van der Waals surface area (Å²) in [5.74, 6) is -0.934. The largest absolute Gasteiger partial charge is 0.390 e. The van der Waals surface area contributed by atoms with Crippen molar-refractivity contribution >= 4 is 21.4 Å². The average molecular weight is 374 g/mol. The van der Waals surface area contributed by atoms with E-state index in [9.17, 15) is 18.3 Å². The SMILES string of the molecule is CN(C)c1cccc(-c2cccc(C(=O)N[C@@H]3CS(=O)(=O)C[C@H]3O)c2)c1. The number of carbonyl (C=O) groups excluding carboxylic acids is 1. The molecule has 0 aliphatic carbocycles. The van der Waals surface area contributed by atoms with E-state index in [1.54, 1.807) is 18.2 Å². The van der Waals surface area contributed by atoms with Crippen LogP contribution in [0.4, 0.5) is 5.69 Å². The Morgan fingerprint density at radius 1 is 1.08 bits per heavy atom.